The molecule has 1 aromatic carbocycles. The molecule has 1 aliphatic heterocycles. The minimum atomic E-state index is -0.455. The van der Waals surface area contributed by atoms with Crippen molar-refractivity contribution < 1.29 is 9.72 Å². The van der Waals surface area contributed by atoms with Crippen molar-refractivity contribution in [3.8, 4) is 0 Å². The van der Waals surface area contributed by atoms with Crippen LogP contribution in [0.1, 0.15) is 6.92 Å². The van der Waals surface area contributed by atoms with Crippen molar-refractivity contribution in [2.24, 2.45) is 0 Å². The predicted octanol–water partition coefficient (Wildman–Crippen LogP) is 1.81. The Bertz CT molecular complexity index is 555. The molecule has 2 amide bonds. The van der Waals surface area contributed by atoms with Gasteiger partial charge in [-0.2, -0.15) is 0 Å². The molecule has 0 unspecified atom stereocenters. The van der Waals surface area contributed by atoms with Crippen molar-refractivity contribution >= 4 is 23.1 Å². The molecule has 0 saturated carbocycles. The van der Waals surface area contributed by atoms with Crippen LogP contribution in [0.4, 0.5) is 21.9 Å². The Morgan fingerprint density at radius 1 is 1.32 bits per heavy atom. The van der Waals surface area contributed by atoms with Crippen molar-refractivity contribution in [3.05, 3.63) is 28.3 Å². The molecule has 0 aromatic heterocycles. The molecule has 0 bridgehead atoms. The molecule has 0 radical (unpaired) electrons. The number of carbonyl (C=O) groups excluding carboxylic acids is 1. The van der Waals surface area contributed by atoms with Crippen molar-refractivity contribution in [1.82, 2.24) is 9.80 Å². The van der Waals surface area contributed by atoms with E-state index < -0.39 is 4.92 Å². The maximum Gasteiger partial charge on any atom is 0.321 e. The van der Waals surface area contributed by atoms with Gasteiger partial charge in [0.25, 0.3) is 5.69 Å². The van der Waals surface area contributed by atoms with Gasteiger partial charge in [0, 0.05) is 44.5 Å². The van der Waals surface area contributed by atoms with Crippen LogP contribution in [0.2, 0.25) is 0 Å². The highest BCUT2D eigenvalue weighted by molar-refractivity contribution is 5.90. The average Bonchev–Trinajstić information content (AvgIpc) is 2.49. The fraction of sp³-hybridized carbons (Fsp3) is 0.500. The number of hydrogen-bond acceptors (Lipinski definition) is 5. The van der Waals surface area contributed by atoms with Crippen molar-refractivity contribution in [1.29, 1.82) is 0 Å². The van der Waals surface area contributed by atoms with Gasteiger partial charge in [-0.25, -0.2) is 4.79 Å². The fourth-order valence-electron chi connectivity index (χ4n) is 2.31. The van der Waals surface area contributed by atoms with E-state index in [1.165, 1.54) is 6.07 Å². The second-order valence-corrected chi connectivity index (χ2v) is 5.24. The normalized spacial score (nSPS) is 15.5. The molecule has 0 atom stereocenters. The van der Waals surface area contributed by atoms with Gasteiger partial charge in [0.05, 0.1) is 4.92 Å². The number of nitrogens with one attached hydrogen (secondary N) is 2. The van der Waals surface area contributed by atoms with Crippen LogP contribution < -0.4 is 10.6 Å². The van der Waals surface area contributed by atoms with E-state index in [0.717, 1.165) is 13.1 Å². The maximum atomic E-state index is 12.2. The lowest BCUT2D eigenvalue weighted by Crippen LogP contribution is -2.48. The molecule has 0 aliphatic carbocycles. The van der Waals surface area contributed by atoms with Gasteiger partial charge in [0.2, 0.25) is 0 Å². The zero-order valence-electron chi connectivity index (χ0n) is 12.8. The van der Waals surface area contributed by atoms with Gasteiger partial charge in [-0.15, -0.1) is 0 Å². The number of nitrogens with zero attached hydrogens (tertiary/aromatic N) is 3. The first-order valence-corrected chi connectivity index (χ1v) is 7.28. The smallest absolute Gasteiger partial charge is 0.321 e. The second-order valence-electron chi connectivity index (χ2n) is 5.24. The number of piperazine rings is 1. The number of benzene rings is 1. The van der Waals surface area contributed by atoms with Crippen LogP contribution >= 0.6 is 0 Å². The highest BCUT2D eigenvalue weighted by atomic mass is 16.6. The SMILES string of the molecule is CCNc1ccc(NC(=O)N2CCN(C)CC2)cc1[N+](=O)[O-]. The number of hydrogen-bond donors (Lipinski definition) is 2. The topological polar surface area (TPSA) is 90.8 Å². The number of carbonyl (C=O) groups is 1. The van der Waals surface area contributed by atoms with Crippen LogP contribution in [0.25, 0.3) is 0 Å². The van der Waals surface area contributed by atoms with E-state index in [0.29, 0.717) is 31.0 Å². The summed E-state index contributed by atoms with van der Waals surface area (Å²) in [6.45, 7) is 5.42. The summed E-state index contributed by atoms with van der Waals surface area (Å²) in [5, 5.41) is 16.8. The monoisotopic (exact) mass is 307 g/mol. The number of anilines is 2. The average molecular weight is 307 g/mol. The number of nitro groups is 1. The van der Waals surface area contributed by atoms with Gasteiger partial charge in [-0.3, -0.25) is 10.1 Å². The van der Waals surface area contributed by atoms with Crippen molar-refractivity contribution in [2.45, 2.75) is 6.92 Å². The molecule has 8 heteroatoms. The first-order valence-electron chi connectivity index (χ1n) is 7.28. The molecule has 8 nitrogen and oxygen atoms in total. The summed E-state index contributed by atoms with van der Waals surface area (Å²) < 4.78 is 0. The van der Waals surface area contributed by atoms with Gasteiger partial charge in [-0.05, 0) is 26.1 Å². The highest BCUT2D eigenvalue weighted by Crippen LogP contribution is 2.27. The van der Waals surface area contributed by atoms with E-state index >= 15 is 0 Å². The van der Waals surface area contributed by atoms with E-state index in [9.17, 15) is 14.9 Å². The molecule has 120 valence electrons. The first-order chi connectivity index (χ1) is 10.5. The molecular formula is C14H21N5O3. The van der Waals surface area contributed by atoms with E-state index in [1.807, 2.05) is 14.0 Å². The van der Waals surface area contributed by atoms with Crippen LogP contribution in [0.5, 0.6) is 0 Å². The van der Waals surface area contributed by atoms with Crippen LogP contribution in [0.3, 0.4) is 0 Å². The molecule has 1 aromatic rings. The lowest BCUT2D eigenvalue weighted by atomic mass is 10.2. The minimum Gasteiger partial charge on any atom is -0.380 e. The van der Waals surface area contributed by atoms with Crippen LogP contribution in [0.15, 0.2) is 18.2 Å². The standard InChI is InChI=1S/C14H21N5O3/c1-3-15-12-5-4-11(10-13(12)19(21)22)16-14(20)18-8-6-17(2)7-9-18/h4-5,10,15H,3,6-9H2,1-2H3,(H,16,20). The second kappa shape index (κ2) is 7.08. The van der Waals surface area contributed by atoms with Crippen molar-refractivity contribution in [2.75, 3.05) is 50.4 Å². The molecule has 1 fully saturated rings. The largest absolute Gasteiger partial charge is 0.380 e. The van der Waals surface area contributed by atoms with E-state index in [1.54, 1.807) is 17.0 Å². The van der Waals surface area contributed by atoms with Crippen LogP contribution in [0, 0.1) is 10.1 Å². The van der Waals surface area contributed by atoms with Gasteiger partial charge < -0.3 is 20.4 Å². The number of likely N-dealkylation sites (N-methyl/N-ethyl adjacent to an activating group) is 1. The van der Waals surface area contributed by atoms with Gasteiger partial charge in [0.1, 0.15) is 5.69 Å². The predicted molar refractivity (Wildman–Crippen MR) is 85.3 cm³/mol. The Morgan fingerprint density at radius 2 is 2.00 bits per heavy atom. The Labute approximate surface area is 129 Å². The quantitative estimate of drug-likeness (QED) is 0.654. The van der Waals surface area contributed by atoms with Crippen LogP contribution in [-0.4, -0.2) is 60.5 Å². The summed E-state index contributed by atoms with van der Waals surface area (Å²) >= 11 is 0. The Balaban J connectivity index is 2.07. The lowest BCUT2D eigenvalue weighted by molar-refractivity contribution is -0.383. The molecule has 2 N–H and O–H groups in total. The molecule has 1 saturated heterocycles. The third-order valence-electron chi connectivity index (χ3n) is 3.60. The van der Waals surface area contributed by atoms with Gasteiger partial charge in [-0.1, -0.05) is 0 Å². The molecular weight excluding hydrogens is 286 g/mol. The summed E-state index contributed by atoms with van der Waals surface area (Å²) in [5.74, 6) is 0. The molecule has 0 spiro atoms. The Morgan fingerprint density at radius 3 is 2.59 bits per heavy atom. The van der Waals surface area contributed by atoms with Gasteiger partial charge >= 0.3 is 6.03 Å². The van der Waals surface area contributed by atoms with Crippen molar-refractivity contribution in [3.63, 3.8) is 0 Å². The Kier molecular flexibility index (Phi) is 5.16. The van der Waals surface area contributed by atoms with Gasteiger partial charge in [0.15, 0.2) is 0 Å². The van der Waals surface area contributed by atoms with E-state index in [-0.39, 0.29) is 11.7 Å². The minimum absolute atomic E-state index is 0.0435. The van der Waals surface area contributed by atoms with Crippen LogP contribution in [-0.2, 0) is 0 Å². The maximum absolute atomic E-state index is 12.2. The van der Waals surface area contributed by atoms with E-state index in [2.05, 4.69) is 15.5 Å². The number of urea groups is 1. The molecule has 2 rings (SSSR count). The number of rotatable bonds is 4. The Hall–Kier alpha value is -2.35. The zero-order valence-corrected chi connectivity index (χ0v) is 12.8. The summed E-state index contributed by atoms with van der Waals surface area (Å²) in [6.07, 6.45) is 0. The zero-order chi connectivity index (χ0) is 16.1. The fourth-order valence-corrected chi connectivity index (χ4v) is 2.31. The summed E-state index contributed by atoms with van der Waals surface area (Å²) in [5.41, 5.74) is 0.834. The first kappa shape index (κ1) is 16.0. The lowest BCUT2D eigenvalue weighted by Gasteiger charge is -2.32. The number of nitro benzene ring substituents is 1. The summed E-state index contributed by atoms with van der Waals surface area (Å²) in [7, 11) is 2.01. The molecule has 22 heavy (non-hydrogen) atoms. The molecule has 1 aliphatic rings. The summed E-state index contributed by atoms with van der Waals surface area (Å²) in [6, 6.07) is 4.44. The molecule has 1 heterocycles. The third-order valence-corrected chi connectivity index (χ3v) is 3.60. The van der Waals surface area contributed by atoms with E-state index in [4.69, 9.17) is 0 Å². The number of amides is 2. The third kappa shape index (κ3) is 3.85. The summed E-state index contributed by atoms with van der Waals surface area (Å²) in [4.78, 5) is 26.7. The highest BCUT2D eigenvalue weighted by Gasteiger charge is 2.20.